The molecule has 2 aromatic heterocycles. The number of ketones is 1. The first kappa shape index (κ1) is 22.5. The predicted molar refractivity (Wildman–Crippen MR) is 141 cm³/mol. The third-order valence-corrected chi connectivity index (χ3v) is 6.81. The van der Waals surface area contributed by atoms with Gasteiger partial charge in [-0.2, -0.15) is 0 Å². The maximum absolute atomic E-state index is 13.3. The van der Waals surface area contributed by atoms with Crippen LogP contribution in [0.3, 0.4) is 0 Å². The van der Waals surface area contributed by atoms with E-state index < -0.39 is 0 Å². The molecule has 0 radical (unpaired) electrons. The van der Waals surface area contributed by atoms with E-state index in [4.69, 9.17) is 15.2 Å². The van der Waals surface area contributed by atoms with Crippen molar-refractivity contribution in [2.45, 2.75) is 13.1 Å². The summed E-state index contributed by atoms with van der Waals surface area (Å²) in [5.74, 6) is 1.04. The molecule has 9 nitrogen and oxygen atoms in total. The van der Waals surface area contributed by atoms with Gasteiger partial charge in [-0.25, -0.2) is 0 Å². The molecule has 0 bridgehead atoms. The number of nitrogens with one attached hydrogen (secondary N) is 3. The minimum atomic E-state index is -0.146. The second-order valence-corrected chi connectivity index (χ2v) is 9.29. The van der Waals surface area contributed by atoms with E-state index in [1.54, 1.807) is 6.07 Å². The molecule has 186 valence electrons. The van der Waals surface area contributed by atoms with E-state index >= 15 is 0 Å². The van der Waals surface area contributed by atoms with E-state index in [9.17, 15) is 4.79 Å². The van der Waals surface area contributed by atoms with E-state index in [-0.39, 0.29) is 11.9 Å². The maximum atomic E-state index is 13.3. The van der Waals surface area contributed by atoms with Gasteiger partial charge in [-0.3, -0.25) is 9.69 Å². The van der Waals surface area contributed by atoms with Gasteiger partial charge in [0.15, 0.2) is 0 Å². The number of hydrogen-bond donors (Lipinski definition) is 4. The van der Waals surface area contributed by atoms with Crippen LogP contribution in [0, 0.1) is 0 Å². The molecule has 1 unspecified atom stereocenters. The quantitative estimate of drug-likeness (QED) is 0.295. The Kier molecular flexibility index (Phi) is 5.79. The smallest absolute Gasteiger partial charge is 0.212 e. The van der Waals surface area contributed by atoms with Gasteiger partial charge < -0.3 is 35.4 Å². The normalized spacial score (nSPS) is 17.5. The van der Waals surface area contributed by atoms with Crippen LogP contribution in [-0.2, 0) is 4.74 Å². The van der Waals surface area contributed by atoms with Crippen molar-refractivity contribution >= 4 is 33.9 Å². The van der Waals surface area contributed by atoms with Crippen LogP contribution in [0.1, 0.15) is 23.0 Å². The van der Waals surface area contributed by atoms with Crippen LogP contribution in [0.5, 0.6) is 5.75 Å². The van der Waals surface area contributed by atoms with Crippen LogP contribution in [0.4, 0.5) is 17.2 Å². The van der Waals surface area contributed by atoms with Crippen LogP contribution in [0.25, 0.3) is 16.6 Å². The summed E-state index contributed by atoms with van der Waals surface area (Å²) in [6.07, 6.45) is 2.01. The number of nitrogen functional groups attached to an aromatic ring is 1. The van der Waals surface area contributed by atoms with E-state index in [2.05, 4.69) is 27.4 Å². The molecule has 36 heavy (non-hydrogen) atoms. The molecule has 2 aliphatic heterocycles. The van der Waals surface area contributed by atoms with Crippen molar-refractivity contribution in [2.75, 3.05) is 55.8 Å². The van der Waals surface area contributed by atoms with Crippen LogP contribution < -0.4 is 21.1 Å². The van der Waals surface area contributed by atoms with Crippen LogP contribution in [0.2, 0.25) is 0 Å². The van der Waals surface area contributed by atoms with Gasteiger partial charge in [-0.1, -0.05) is 0 Å². The topological polar surface area (TPSA) is 110 Å². The largest absolute Gasteiger partial charge is 0.492 e. The minimum absolute atomic E-state index is 0.146. The number of carbonyl (C=O) groups is 1. The summed E-state index contributed by atoms with van der Waals surface area (Å²) >= 11 is 0. The van der Waals surface area contributed by atoms with Crippen molar-refractivity contribution in [3.63, 3.8) is 0 Å². The van der Waals surface area contributed by atoms with Crippen LogP contribution in [0.15, 0.2) is 54.7 Å². The lowest BCUT2D eigenvalue weighted by molar-refractivity contribution is 0.0322. The van der Waals surface area contributed by atoms with Crippen LogP contribution in [-0.4, -0.2) is 65.9 Å². The highest BCUT2D eigenvalue weighted by molar-refractivity contribution is 6.12. The zero-order valence-electron chi connectivity index (χ0n) is 20.2. The highest BCUT2D eigenvalue weighted by Crippen LogP contribution is 2.32. The summed E-state index contributed by atoms with van der Waals surface area (Å²) in [6, 6.07) is 15.5. The number of ether oxygens (including phenoxy) is 2. The average Bonchev–Trinajstić information content (AvgIpc) is 3.59. The highest BCUT2D eigenvalue weighted by atomic mass is 16.5. The fraction of sp³-hybridized carbons (Fsp3) is 0.296. The molecule has 0 amide bonds. The number of morpholine rings is 1. The molecule has 6 rings (SSSR count). The summed E-state index contributed by atoms with van der Waals surface area (Å²) in [7, 11) is 0. The first-order valence-electron chi connectivity index (χ1n) is 12.3. The number of carbonyl (C=O) groups excluding carboxylic acids is 1. The standard InChI is InChI=1S/C27H30N6O3/c1-17-29-22-5-3-19(15-24(22)30-17)33-7-6-21(27(33)28)26(34)25-14-18-2-4-20(16-23(18)31-25)36-13-10-32-8-11-35-12-9-32/h2-7,14-17,29-31H,8-13,28H2,1H3. The molecule has 1 saturated heterocycles. The zero-order valence-corrected chi connectivity index (χ0v) is 20.2. The summed E-state index contributed by atoms with van der Waals surface area (Å²) in [5, 5.41) is 7.68. The Balaban J connectivity index is 1.18. The molecule has 1 fully saturated rings. The number of nitrogens with two attached hydrogens (primary N) is 1. The molecule has 4 heterocycles. The van der Waals surface area contributed by atoms with Gasteiger partial charge in [0.1, 0.15) is 18.2 Å². The van der Waals surface area contributed by atoms with Gasteiger partial charge in [0, 0.05) is 48.5 Å². The Bertz CT molecular complexity index is 1420. The van der Waals surface area contributed by atoms with E-state index in [1.165, 1.54) is 0 Å². The van der Waals surface area contributed by atoms with Crippen molar-refractivity contribution in [3.05, 3.63) is 66.0 Å². The number of benzene rings is 2. The van der Waals surface area contributed by atoms with Crippen molar-refractivity contribution < 1.29 is 14.3 Å². The van der Waals surface area contributed by atoms with Gasteiger partial charge in [0.25, 0.3) is 0 Å². The minimum Gasteiger partial charge on any atom is -0.492 e. The van der Waals surface area contributed by atoms with Gasteiger partial charge >= 0.3 is 0 Å². The van der Waals surface area contributed by atoms with E-state index in [0.717, 1.165) is 66.6 Å². The number of rotatable bonds is 7. The summed E-state index contributed by atoms with van der Waals surface area (Å²) in [5.41, 5.74) is 11.2. The first-order chi connectivity index (χ1) is 17.5. The molecule has 5 N–H and O–H groups in total. The van der Waals surface area contributed by atoms with Crippen molar-refractivity contribution in [1.29, 1.82) is 0 Å². The lowest BCUT2D eigenvalue weighted by Crippen LogP contribution is -2.38. The summed E-state index contributed by atoms with van der Waals surface area (Å²) < 4.78 is 13.2. The molecule has 2 aliphatic rings. The Morgan fingerprint density at radius 3 is 2.78 bits per heavy atom. The molecule has 2 aromatic carbocycles. The second kappa shape index (κ2) is 9.25. The number of aromatic amines is 1. The third-order valence-electron chi connectivity index (χ3n) is 6.81. The molecule has 0 spiro atoms. The fourth-order valence-electron chi connectivity index (χ4n) is 4.87. The SMILES string of the molecule is CC1Nc2ccc(-n3ccc(C(=O)c4cc5ccc(OCCN6CCOCC6)cc5[nH]4)c3N)cc2N1. The number of fused-ring (bicyclic) bond motifs is 2. The lowest BCUT2D eigenvalue weighted by atomic mass is 10.1. The van der Waals surface area contributed by atoms with Crippen molar-refractivity contribution in [2.24, 2.45) is 0 Å². The van der Waals surface area contributed by atoms with Crippen LogP contribution >= 0.6 is 0 Å². The van der Waals surface area contributed by atoms with E-state index in [0.29, 0.717) is 23.7 Å². The fourth-order valence-corrected chi connectivity index (χ4v) is 4.87. The molecule has 1 atom stereocenters. The molecular formula is C27H30N6O3. The van der Waals surface area contributed by atoms with Gasteiger partial charge in [-0.05, 0) is 49.4 Å². The maximum Gasteiger partial charge on any atom is 0.212 e. The second-order valence-electron chi connectivity index (χ2n) is 9.29. The van der Waals surface area contributed by atoms with Crippen molar-refractivity contribution in [1.82, 2.24) is 14.5 Å². The van der Waals surface area contributed by atoms with Crippen molar-refractivity contribution in [3.8, 4) is 11.4 Å². The van der Waals surface area contributed by atoms with Gasteiger partial charge in [0.2, 0.25) is 5.78 Å². The highest BCUT2D eigenvalue weighted by Gasteiger charge is 2.20. The summed E-state index contributed by atoms with van der Waals surface area (Å²) in [4.78, 5) is 18.9. The number of H-pyrrole nitrogens is 1. The number of hydrogen-bond acceptors (Lipinski definition) is 7. The van der Waals surface area contributed by atoms with Gasteiger partial charge in [-0.15, -0.1) is 0 Å². The number of anilines is 3. The van der Waals surface area contributed by atoms with Gasteiger partial charge in [0.05, 0.1) is 42.0 Å². The molecule has 4 aromatic rings. The molecule has 0 saturated carbocycles. The number of nitrogens with zero attached hydrogens (tertiary/aromatic N) is 2. The third kappa shape index (κ3) is 4.27. The lowest BCUT2D eigenvalue weighted by Gasteiger charge is -2.26. The summed E-state index contributed by atoms with van der Waals surface area (Å²) in [6.45, 7) is 6.96. The van der Waals surface area contributed by atoms with E-state index in [1.807, 2.05) is 53.2 Å². The molecule has 0 aliphatic carbocycles. The zero-order chi connectivity index (χ0) is 24.6. The Hall–Kier alpha value is -3.95. The first-order valence-corrected chi connectivity index (χ1v) is 12.3. The Morgan fingerprint density at radius 1 is 1.08 bits per heavy atom. The molecule has 9 heteroatoms. The Labute approximate surface area is 209 Å². The Morgan fingerprint density at radius 2 is 1.92 bits per heavy atom. The monoisotopic (exact) mass is 486 g/mol. The predicted octanol–water partition coefficient (Wildman–Crippen LogP) is 3.67. The average molecular weight is 487 g/mol. The molecular weight excluding hydrogens is 456 g/mol. The number of aromatic nitrogens is 2.